The molecule has 3 aromatic heterocycles. The summed E-state index contributed by atoms with van der Waals surface area (Å²) in [7, 11) is 0. The molecule has 4 nitrogen and oxygen atoms in total. The Bertz CT molecular complexity index is 2760. The van der Waals surface area contributed by atoms with E-state index in [1.54, 1.807) is 0 Å². The quantitative estimate of drug-likeness (QED) is 0.194. The van der Waals surface area contributed by atoms with E-state index >= 15 is 0 Å². The molecule has 0 saturated carbocycles. The fourth-order valence-corrected chi connectivity index (χ4v) is 8.36. The van der Waals surface area contributed by atoms with Crippen LogP contribution in [0.15, 0.2) is 158 Å². The van der Waals surface area contributed by atoms with Crippen molar-refractivity contribution in [3.05, 3.63) is 158 Å². The molecule has 0 amide bonds. The lowest BCUT2D eigenvalue weighted by Gasteiger charge is -2.12. The molecule has 0 atom stereocenters. The fourth-order valence-electron chi connectivity index (χ4n) is 7.09. The van der Waals surface area contributed by atoms with Crippen molar-refractivity contribution in [2.24, 2.45) is 0 Å². The van der Waals surface area contributed by atoms with Crippen LogP contribution in [0.3, 0.4) is 0 Å². The third-order valence-corrected chi connectivity index (χ3v) is 10.4. The first-order chi connectivity index (χ1) is 23.8. The second-order valence-electron chi connectivity index (χ2n) is 12.0. The average Bonchev–Trinajstić information content (AvgIpc) is 3.72. The molecular weight excluding hydrogens is 605 g/mol. The number of para-hydroxylation sites is 1. The lowest BCUT2D eigenvalue weighted by molar-refractivity contribution is 1.07. The predicted octanol–water partition coefficient (Wildman–Crippen LogP) is 11.5. The Kier molecular flexibility index (Phi) is 6.01. The summed E-state index contributed by atoms with van der Waals surface area (Å²) < 4.78 is 5.08. The van der Waals surface area contributed by atoms with Gasteiger partial charge in [0.05, 0.1) is 11.0 Å². The third kappa shape index (κ3) is 4.11. The highest BCUT2D eigenvalue weighted by molar-refractivity contribution is 7.27. The van der Waals surface area contributed by atoms with E-state index in [4.69, 9.17) is 15.0 Å². The summed E-state index contributed by atoms with van der Waals surface area (Å²) in [5, 5.41) is 7.76. The molecule has 0 unspecified atom stereocenters. The van der Waals surface area contributed by atoms with Gasteiger partial charge in [0, 0.05) is 58.7 Å². The Morgan fingerprint density at radius 2 is 0.896 bits per heavy atom. The summed E-state index contributed by atoms with van der Waals surface area (Å²) in [6.45, 7) is 0. The zero-order valence-corrected chi connectivity index (χ0v) is 26.5. The molecule has 10 aromatic rings. The van der Waals surface area contributed by atoms with Crippen LogP contribution in [0, 0.1) is 0 Å². The van der Waals surface area contributed by atoms with Crippen molar-refractivity contribution in [1.29, 1.82) is 0 Å². The van der Waals surface area contributed by atoms with Crippen molar-refractivity contribution >= 4 is 64.1 Å². The molecule has 10 rings (SSSR count). The van der Waals surface area contributed by atoms with Gasteiger partial charge in [-0.1, -0.05) is 121 Å². The number of rotatable bonds is 4. The van der Waals surface area contributed by atoms with E-state index in [9.17, 15) is 0 Å². The van der Waals surface area contributed by atoms with Gasteiger partial charge < -0.3 is 4.57 Å². The monoisotopic (exact) mass is 630 g/mol. The number of fused-ring (bicyclic) bond motifs is 10. The summed E-state index contributed by atoms with van der Waals surface area (Å²) >= 11 is 1.89. The van der Waals surface area contributed by atoms with Gasteiger partial charge in [-0.15, -0.1) is 11.3 Å². The molecule has 0 aliphatic rings. The standard InChI is InChI=1S/C43H26N4S/c1-3-13-27(14-4-1)41-44-42(28-15-5-2-6-16-28)46-43(45-41)29-23-25-30(26-24-29)47-35-21-11-9-19-33(35)38-39(47)32-18-8-7-17-31(32)37-34-20-10-12-22-36(34)48-40(37)38/h1-26H. The van der Waals surface area contributed by atoms with E-state index in [1.807, 2.05) is 72.0 Å². The van der Waals surface area contributed by atoms with Crippen LogP contribution in [0.2, 0.25) is 0 Å². The van der Waals surface area contributed by atoms with Gasteiger partial charge >= 0.3 is 0 Å². The van der Waals surface area contributed by atoms with Crippen LogP contribution in [0.4, 0.5) is 0 Å². The maximum absolute atomic E-state index is 4.96. The maximum Gasteiger partial charge on any atom is 0.164 e. The van der Waals surface area contributed by atoms with Crippen molar-refractivity contribution in [3.8, 4) is 39.9 Å². The van der Waals surface area contributed by atoms with Crippen LogP contribution in [0.1, 0.15) is 0 Å². The lowest BCUT2D eigenvalue weighted by atomic mass is 10.00. The summed E-state index contributed by atoms with van der Waals surface area (Å²) in [6.07, 6.45) is 0. The van der Waals surface area contributed by atoms with Crippen LogP contribution in [0.25, 0.3) is 92.6 Å². The highest BCUT2D eigenvalue weighted by Crippen LogP contribution is 2.47. The molecule has 5 heteroatoms. The van der Waals surface area contributed by atoms with Crippen molar-refractivity contribution in [3.63, 3.8) is 0 Å². The number of hydrogen-bond acceptors (Lipinski definition) is 4. The molecule has 224 valence electrons. The van der Waals surface area contributed by atoms with Crippen molar-refractivity contribution in [2.75, 3.05) is 0 Å². The van der Waals surface area contributed by atoms with E-state index in [0.29, 0.717) is 17.5 Å². The molecule has 7 aromatic carbocycles. The normalized spacial score (nSPS) is 11.8. The molecule has 3 heterocycles. The second-order valence-corrected chi connectivity index (χ2v) is 13.1. The van der Waals surface area contributed by atoms with E-state index in [-0.39, 0.29) is 0 Å². The number of hydrogen-bond donors (Lipinski definition) is 0. The molecule has 48 heavy (non-hydrogen) atoms. The molecule has 0 aliphatic carbocycles. The predicted molar refractivity (Wildman–Crippen MR) is 201 cm³/mol. The molecule has 0 aliphatic heterocycles. The van der Waals surface area contributed by atoms with E-state index < -0.39 is 0 Å². The van der Waals surface area contributed by atoms with Gasteiger partial charge in [-0.2, -0.15) is 0 Å². The first-order valence-electron chi connectivity index (χ1n) is 16.0. The van der Waals surface area contributed by atoms with Crippen LogP contribution in [0.5, 0.6) is 0 Å². The van der Waals surface area contributed by atoms with Gasteiger partial charge in [0.15, 0.2) is 17.5 Å². The van der Waals surface area contributed by atoms with E-state index in [0.717, 1.165) is 22.4 Å². The van der Waals surface area contributed by atoms with Gasteiger partial charge in [0.2, 0.25) is 0 Å². The van der Waals surface area contributed by atoms with Crippen LogP contribution < -0.4 is 0 Å². The maximum atomic E-state index is 4.96. The Balaban J connectivity index is 1.21. The van der Waals surface area contributed by atoms with Gasteiger partial charge in [-0.3, -0.25) is 0 Å². The Hall–Kier alpha value is -6.17. The lowest BCUT2D eigenvalue weighted by Crippen LogP contribution is -2.00. The fraction of sp³-hybridized carbons (Fsp3) is 0. The minimum Gasteiger partial charge on any atom is -0.309 e. The largest absolute Gasteiger partial charge is 0.309 e. The molecule has 0 N–H and O–H groups in total. The Labute approximate surface area is 280 Å². The van der Waals surface area contributed by atoms with Crippen molar-refractivity contribution < 1.29 is 0 Å². The summed E-state index contributed by atoms with van der Waals surface area (Å²) in [5.41, 5.74) is 6.37. The molecule has 0 radical (unpaired) electrons. The van der Waals surface area contributed by atoms with Gasteiger partial charge in [0.25, 0.3) is 0 Å². The zero-order valence-electron chi connectivity index (χ0n) is 25.7. The summed E-state index contributed by atoms with van der Waals surface area (Å²) in [5.74, 6) is 1.96. The Morgan fingerprint density at radius 3 is 1.54 bits per heavy atom. The van der Waals surface area contributed by atoms with Crippen LogP contribution in [-0.4, -0.2) is 19.5 Å². The summed E-state index contributed by atoms with van der Waals surface area (Å²) in [4.78, 5) is 14.8. The molecule has 0 saturated heterocycles. The van der Waals surface area contributed by atoms with E-state index in [1.165, 1.54) is 52.8 Å². The summed E-state index contributed by atoms with van der Waals surface area (Å²) in [6, 6.07) is 55.3. The van der Waals surface area contributed by atoms with Crippen molar-refractivity contribution in [2.45, 2.75) is 0 Å². The van der Waals surface area contributed by atoms with Gasteiger partial charge in [0.1, 0.15) is 0 Å². The second kappa shape index (κ2) is 10.7. The molecule has 0 fully saturated rings. The SMILES string of the molecule is c1ccc(-c2nc(-c3ccccc3)nc(-c3ccc(-n4c5ccccc5c5c6sc7ccccc7c6c6ccccc6c54)cc3)n2)cc1. The average molecular weight is 631 g/mol. The smallest absolute Gasteiger partial charge is 0.164 e. The number of nitrogens with zero attached hydrogens (tertiary/aromatic N) is 4. The topological polar surface area (TPSA) is 43.6 Å². The molecule has 0 spiro atoms. The minimum atomic E-state index is 0.647. The van der Waals surface area contributed by atoms with E-state index in [2.05, 4.69) is 102 Å². The first kappa shape index (κ1) is 27.0. The number of benzene rings is 7. The highest BCUT2D eigenvalue weighted by atomic mass is 32.1. The third-order valence-electron chi connectivity index (χ3n) is 9.23. The minimum absolute atomic E-state index is 0.647. The van der Waals surface area contributed by atoms with Crippen molar-refractivity contribution in [1.82, 2.24) is 19.5 Å². The molecular formula is C43H26N4S. The van der Waals surface area contributed by atoms with Crippen LogP contribution >= 0.6 is 11.3 Å². The van der Waals surface area contributed by atoms with Crippen LogP contribution in [-0.2, 0) is 0 Å². The van der Waals surface area contributed by atoms with Gasteiger partial charge in [-0.25, -0.2) is 15.0 Å². The first-order valence-corrected chi connectivity index (χ1v) is 16.9. The highest BCUT2D eigenvalue weighted by Gasteiger charge is 2.21. The molecule has 0 bridgehead atoms. The van der Waals surface area contributed by atoms with Gasteiger partial charge in [-0.05, 0) is 41.8 Å². The Morgan fingerprint density at radius 1 is 0.396 bits per heavy atom. The zero-order chi connectivity index (χ0) is 31.6. The number of aromatic nitrogens is 4. The number of thiophene rings is 1.